The van der Waals surface area contributed by atoms with Crippen LogP contribution in [0, 0.1) is 0 Å². The van der Waals surface area contributed by atoms with Crippen molar-refractivity contribution >= 4 is 28.3 Å². The number of esters is 1. The Balaban J connectivity index is 1.16. The number of nitrogens with zero attached hydrogens (tertiary/aromatic N) is 1. The third kappa shape index (κ3) is 7.31. The van der Waals surface area contributed by atoms with Gasteiger partial charge < -0.3 is 18.9 Å². The lowest BCUT2D eigenvalue weighted by Gasteiger charge is -2.09. The van der Waals surface area contributed by atoms with Gasteiger partial charge in [-0.2, -0.15) is 0 Å². The Kier molecular flexibility index (Phi) is 8.50. The average Bonchev–Trinajstić information content (AvgIpc) is 3.39. The molecule has 1 aromatic heterocycles. The Morgan fingerprint density at radius 2 is 1.50 bits per heavy atom. The predicted molar refractivity (Wildman–Crippen MR) is 136 cm³/mol. The molecule has 36 heavy (non-hydrogen) atoms. The molecule has 0 bridgehead atoms. The van der Waals surface area contributed by atoms with E-state index in [-0.39, 0.29) is 6.61 Å². The lowest BCUT2D eigenvalue weighted by atomic mass is 10.2. The van der Waals surface area contributed by atoms with E-state index in [9.17, 15) is 9.59 Å². The van der Waals surface area contributed by atoms with Crippen molar-refractivity contribution in [2.24, 2.45) is 0 Å². The van der Waals surface area contributed by atoms with Gasteiger partial charge in [0.2, 0.25) is 0 Å². The Morgan fingerprint density at radius 1 is 0.833 bits per heavy atom. The van der Waals surface area contributed by atoms with Crippen LogP contribution in [0.3, 0.4) is 0 Å². The van der Waals surface area contributed by atoms with Gasteiger partial charge in [0.05, 0.1) is 12.8 Å². The molecule has 0 saturated heterocycles. The highest BCUT2D eigenvalue weighted by Gasteiger charge is 2.12. The number of hydrogen-bond donors (Lipinski definition) is 1. The summed E-state index contributed by atoms with van der Waals surface area (Å²) in [7, 11) is 1.60. The van der Waals surface area contributed by atoms with Crippen LogP contribution in [0.2, 0.25) is 0 Å². The minimum atomic E-state index is -0.660. The summed E-state index contributed by atoms with van der Waals surface area (Å²) >= 11 is 1.28. The first kappa shape index (κ1) is 24.7. The van der Waals surface area contributed by atoms with Gasteiger partial charge in [-0.15, -0.1) is 11.3 Å². The molecule has 9 heteroatoms. The smallest absolute Gasteiger partial charge is 0.344 e. The fraction of sp³-hybridized carbons (Fsp3) is 0.148. The molecule has 0 saturated carbocycles. The minimum absolute atomic E-state index is 0.323. The van der Waals surface area contributed by atoms with Crippen molar-refractivity contribution in [3.63, 3.8) is 0 Å². The van der Waals surface area contributed by atoms with Crippen LogP contribution in [0.5, 0.6) is 17.2 Å². The summed E-state index contributed by atoms with van der Waals surface area (Å²) in [6, 6.07) is 24.2. The molecule has 0 aliphatic heterocycles. The summed E-state index contributed by atoms with van der Waals surface area (Å²) < 4.78 is 21.3. The van der Waals surface area contributed by atoms with Crippen molar-refractivity contribution in [3.05, 3.63) is 89.8 Å². The average molecular weight is 505 g/mol. The van der Waals surface area contributed by atoms with Gasteiger partial charge in [0.15, 0.2) is 18.3 Å². The van der Waals surface area contributed by atoms with Crippen LogP contribution in [0.25, 0.3) is 11.3 Å². The number of methoxy groups -OCH3 is 1. The lowest BCUT2D eigenvalue weighted by Crippen LogP contribution is -2.23. The molecule has 3 aromatic carbocycles. The first-order valence-electron chi connectivity index (χ1n) is 11.0. The van der Waals surface area contributed by atoms with Crippen LogP contribution in [0.1, 0.15) is 5.56 Å². The van der Waals surface area contributed by atoms with Crippen molar-refractivity contribution in [1.29, 1.82) is 0 Å². The summed E-state index contributed by atoms with van der Waals surface area (Å²) in [6.07, 6.45) is 0. The van der Waals surface area contributed by atoms with E-state index < -0.39 is 18.5 Å². The third-order valence-electron chi connectivity index (χ3n) is 4.93. The van der Waals surface area contributed by atoms with Crippen LogP contribution in [0.15, 0.2) is 84.2 Å². The van der Waals surface area contributed by atoms with Crippen LogP contribution in [-0.2, 0) is 20.9 Å². The zero-order chi connectivity index (χ0) is 25.2. The molecule has 1 amide bonds. The van der Waals surface area contributed by atoms with Gasteiger partial charge in [-0.25, -0.2) is 9.78 Å². The molecule has 4 rings (SSSR count). The van der Waals surface area contributed by atoms with E-state index in [4.69, 9.17) is 18.9 Å². The second-order valence-electron chi connectivity index (χ2n) is 7.51. The zero-order valence-corrected chi connectivity index (χ0v) is 20.3. The highest BCUT2D eigenvalue weighted by Crippen LogP contribution is 2.26. The number of carbonyl (C=O) groups excluding carboxylic acids is 2. The number of aromatic nitrogens is 1. The second-order valence-corrected chi connectivity index (χ2v) is 8.37. The molecule has 0 aliphatic rings. The first-order chi connectivity index (χ1) is 17.6. The Morgan fingerprint density at radius 3 is 2.19 bits per heavy atom. The molecular formula is C27H24N2O6S. The predicted octanol–water partition coefficient (Wildman–Crippen LogP) is 4.96. The molecule has 0 fully saturated rings. The molecule has 1 heterocycles. The van der Waals surface area contributed by atoms with Crippen LogP contribution >= 0.6 is 11.3 Å². The highest BCUT2D eigenvalue weighted by molar-refractivity contribution is 7.14. The fourth-order valence-electron chi connectivity index (χ4n) is 3.08. The number of thiazole rings is 1. The highest BCUT2D eigenvalue weighted by atomic mass is 32.1. The van der Waals surface area contributed by atoms with Crippen molar-refractivity contribution < 1.29 is 28.5 Å². The summed E-state index contributed by atoms with van der Waals surface area (Å²) in [5, 5.41) is 4.86. The zero-order valence-electron chi connectivity index (χ0n) is 19.5. The molecule has 8 nitrogen and oxygen atoms in total. The quantitative estimate of drug-likeness (QED) is 0.289. The van der Waals surface area contributed by atoms with E-state index in [0.717, 1.165) is 22.6 Å². The van der Waals surface area contributed by atoms with Crippen LogP contribution in [0.4, 0.5) is 5.13 Å². The number of benzene rings is 3. The number of anilines is 1. The SMILES string of the molecule is COc1ccc(-c2csc(NC(=O)COC(=O)COc3ccc(OCc4ccccc4)cc3)n2)cc1. The van der Waals surface area contributed by atoms with Gasteiger partial charge in [-0.05, 0) is 54.1 Å². The van der Waals surface area contributed by atoms with Crippen molar-refractivity contribution in [3.8, 4) is 28.5 Å². The van der Waals surface area contributed by atoms with Crippen LogP contribution in [-0.4, -0.2) is 37.2 Å². The van der Waals surface area contributed by atoms with Gasteiger partial charge in [0.25, 0.3) is 5.91 Å². The van der Waals surface area contributed by atoms with Gasteiger partial charge in [-0.1, -0.05) is 30.3 Å². The summed E-state index contributed by atoms with van der Waals surface area (Å²) in [5.41, 5.74) is 2.68. The van der Waals surface area contributed by atoms with Crippen molar-refractivity contribution in [2.45, 2.75) is 6.61 Å². The molecular weight excluding hydrogens is 480 g/mol. The number of rotatable bonds is 11. The maximum absolute atomic E-state index is 12.1. The molecule has 0 spiro atoms. The topological polar surface area (TPSA) is 96.0 Å². The normalized spacial score (nSPS) is 10.4. The van der Waals surface area contributed by atoms with Crippen LogP contribution < -0.4 is 19.5 Å². The maximum atomic E-state index is 12.1. The molecule has 1 N–H and O–H groups in total. The third-order valence-corrected chi connectivity index (χ3v) is 5.69. The van der Waals surface area contributed by atoms with Gasteiger partial charge in [0, 0.05) is 10.9 Å². The molecule has 184 valence electrons. The van der Waals surface area contributed by atoms with Crippen molar-refractivity contribution in [1.82, 2.24) is 4.98 Å². The van der Waals surface area contributed by atoms with Gasteiger partial charge >= 0.3 is 5.97 Å². The summed E-state index contributed by atoms with van der Waals surface area (Å²) in [5.74, 6) is 0.768. The fourth-order valence-corrected chi connectivity index (χ4v) is 3.82. The molecule has 0 unspecified atom stereocenters. The first-order valence-corrected chi connectivity index (χ1v) is 11.9. The van der Waals surface area contributed by atoms with Gasteiger partial charge in [0.1, 0.15) is 23.9 Å². The minimum Gasteiger partial charge on any atom is -0.497 e. The Labute approximate surface area is 212 Å². The van der Waals surface area contributed by atoms with E-state index in [0.29, 0.717) is 23.2 Å². The molecule has 0 radical (unpaired) electrons. The summed E-state index contributed by atoms with van der Waals surface area (Å²) in [4.78, 5) is 28.5. The summed E-state index contributed by atoms with van der Waals surface area (Å²) in [6.45, 7) is -0.304. The van der Waals surface area contributed by atoms with E-state index in [1.54, 1.807) is 31.4 Å². The molecule has 0 aliphatic carbocycles. The lowest BCUT2D eigenvalue weighted by molar-refractivity contribution is -0.149. The standard InChI is InChI=1S/C27H24N2O6S/c1-32-21-9-7-20(8-10-21)24-18-36-27(28-24)29-25(30)16-35-26(31)17-34-23-13-11-22(12-14-23)33-15-19-5-3-2-4-6-19/h2-14,18H,15-17H2,1H3,(H,28,29,30). The monoisotopic (exact) mass is 504 g/mol. The van der Waals surface area contributed by atoms with Gasteiger partial charge in [-0.3, -0.25) is 10.1 Å². The largest absolute Gasteiger partial charge is 0.497 e. The van der Waals surface area contributed by atoms with E-state index in [1.807, 2.05) is 60.0 Å². The van der Waals surface area contributed by atoms with E-state index >= 15 is 0 Å². The second kappa shape index (κ2) is 12.4. The molecule has 4 aromatic rings. The number of nitrogens with one attached hydrogen (secondary N) is 1. The number of ether oxygens (including phenoxy) is 4. The maximum Gasteiger partial charge on any atom is 0.344 e. The number of hydrogen-bond acceptors (Lipinski definition) is 8. The van der Waals surface area contributed by atoms with Crippen molar-refractivity contribution in [2.75, 3.05) is 25.6 Å². The number of carbonyl (C=O) groups is 2. The van der Waals surface area contributed by atoms with E-state index in [2.05, 4.69) is 10.3 Å². The van der Waals surface area contributed by atoms with E-state index in [1.165, 1.54) is 11.3 Å². The Bertz CT molecular complexity index is 1270. The molecule has 0 atom stereocenters. The number of amides is 1. The Hall–Kier alpha value is -4.37.